The van der Waals surface area contributed by atoms with Gasteiger partial charge in [0.2, 0.25) is 0 Å². The molecular formula is C14H17N3. The van der Waals surface area contributed by atoms with Gasteiger partial charge in [-0.05, 0) is 24.5 Å². The molecule has 0 aliphatic carbocycles. The number of nitrogen functional groups attached to an aromatic ring is 1. The van der Waals surface area contributed by atoms with Crippen molar-refractivity contribution in [2.24, 2.45) is 5.73 Å². The molecule has 88 valence electrons. The molecule has 0 amide bonds. The Morgan fingerprint density at radius 3 is 2.65 bits per heavy atom. The second kappa shape index (κ2) is 4.17. The van der Waals surface area contributed by atoms with E-state index in [9.17, 15) is 0 Å². The molecule has 0 spiro atoms. The van der Waals surface area contributed by atoms with Crippen molar-refractivity contribution in [1.29, 1.82) is 5.41 Å². The van der Waals surface area contributed by atoms with E-state index in [0.29, 0.717) is 5.92 Å². The maximum absolute atomic E-state index is 7.64. The summed E-state index contributed by atoms with van der Waals surface area (Å²) in [6.07, 6.45) is 0. The topological polar surface area (TPSA) is 62.8 Å². The number of rotatable bonds is 2. The number of nitrogens with one attached hydrogen (secondary N) is 1. The molecule has 3 nitrogen and oxygen atoms in total. The highest BCUT2D eigenvalue weighted by molar-refractivity contribution is 6.07. The van der Waals surface area contributed by atoms with Gasteiger partial charge in [-0.1, -0.05) is 32.0 Å². The Balaban J connectivity index is 2.88. The highest BCUT2D eigenvalue weighted by Crippen LogP contribution is 2.26. The van der Waals surface area contributed by atoms with E-state index in [0.717, 1.165) is 22.2 Å². The standard InChI is InChI=1S/C14H17N3/c1-8(2)10-5-4-6-11-12(14(15)16)7-9(3)17-13(10)11/h4-8H,1-3H3,(H3,15,16). The SMILES string of the molecule is Cc1cc(C(=N)N)c2cccc(C(C)C)c2n1. The van der Waals surface area contributed by atoms with Crippen molar-refractivity contribution in [3.8, 4) is 0 Å². The molecule has 0 radical (unpaired) electrons. The van der Waals surface area contributed by atoms with Crippen LogP contribution in [0.5, 0.6) is 0 Å². The lowest BCUT2D eigenvalue weighted by molar-refractivity contribution is 0.872. The van der Waals surface area contributed by atoms with E-state index in [1.165, 1.54) is 5.56 Å². The Hall–Kier alpha value is -1.90. The van der Waals surface area contributed by atoms with Gasteiger partial charge in [-0.2, -0.15) is 0 Å². The van der Waals surface area contributed by atoms with Gasteiger partial charge >= 0.3 is 0 Å². The Labute approximate surface area is 101 Å². The number of nitrogens with two attached hydrogens (primary N) is 1. The summed E-state index contributed by atoms with van der Waals surface area (Å²) in [6.45, 7) is 6.22. The van der Waals surface area contributed by atoms with Crippen molar-refractivity contribution in [1.82, 2.24) is 4.98 Å². The first-order valence-corrected chi connectivity index (χ1v) is 5.75. The lowest BCUT2D eigenvalue weighted by atomic mass is 9.97. The van der Waals surface area contributed by atoms with E-state index in [1.54, 1.807) is 0 Å². The van der Waals surface area contributed by atoms with Crippen molar-refractivity contribution in [3.05, 3.63) is 41.1 Å². The normalized spacial score (nSPS) is 11.1. The van der Waals surface area contributed by atoms with Crippen LogP contribution in [0.15, 0.2) is 24.3 Å². The van der Waals surface area contributed by atoms with Crippen LogP contribution in [0.1, 0.15) is 36.6 Å². The van der Waals surface area contributed by atoms with Gasteiger partial charge in [0.15, 0.2) is 0 Å². The second-order valence-corrected chi connectivity index (χ2v) is 4.62. The van der Waals surface area contributed by atoms with Gasteiger partial charge in [0.1, 0.15) is 5.84 Å². The molecule has 3 N–H and O–H groups in total. The average molecular weight is 227 g/mol. The molecule has 0 fully saturated rings. The van der Waals surface area contributed by atoms with Crippen molar-refractivity contribution in [2.45, 2.75) is 26.7 Å². The summed E-state index contributed by atoms with van der Waals surface area (Å²) in [7, 11) is 0. The number of nitrogens with zero attached hydrogens (tertiary/aromatic N) is 1. The second-order valence-electron chi connectivity index (χ2n) is 4.62. The summed E-state index contributed by atoms with van der Waals surface area (Å²) in [5, 5.41) is 8.61. The number of amidine groups is 1. The fourth-order valence-corrected chi connectivity index (χ4v) is 2.09. The summed E-state index contributed by atoms with van der Waals surface area (Å²) >= 11 is 0. The van der Waals surface area contributed by atoms with E-state index in [2.05, 4.69) is 24.9 Å². The molecule has 1 aromatic heterocycles. The van der Waals surface area contributed by atoms with Crippen molar-refractivity contribution in [2.75, 3.05) is 0 Å². The van der Waals surface area contributed by atoms with E-state index in [1.807, 2.05) is 25.1 Å². The van der Waals surface area contributed by atoms with Crippen LogP contribution in [0.3, 0.4) is 0 Å². The van der Waals surface area contributed by atoms with E-state index in [4.69, 9.17) is 11.1 Å². The summed E-state index contributed by atoms with van der Waals surface area (Å²) in [5.41, 5.74) is 9.47. The van der Waals surface area contributed by atoms with Crippen LogP contribution < -0.4 is 5.73 Å². The number of aromatic nitrogens is 1. The van der Waals surface area contributed by atoms with Crippen LogP contribution in [0.4, 0.5) is 0 Å². The van der Waals surface area contributed by atoms with Crippen LogP contribution in [-0.2, 0) is 0 Å². The Kier molecular flexibility index (Phi) is 2.84. The Bertz CT molecular complexity index is 585. The van der Waals surface area contributed by atoms with Crippen molar-refractivity contribution in [3.63, 3.8) is 0 Å². The largest absolute Gasteiger partial charge is 0.384 e. The van der Waals surface area contributed by atoms with Gasteiger partial charge in [0.05, 0.1) is 5.52 Å². The summed E-state index contributed by atoms with van der Waals surface area (Å²) in [4.78, 5) is 4.59. The number of hydrogen-bond acceptors (Lipinski definition) is 2. The van der Waals surface area contributed by atoms with Gasteiger partial charge in [-0.25, -0.2) is 0 Å². The van der Waals surface area contributed by atoms with E-state index in [-0.39, 0.29) is 5.84 Å². The molecule has 3 heteroatoms. The van der Waals surface area contributed by atoms with Crippen molar-refractivity contribution < 1.29 is 0 Å². The molecule has 0 saturated carbocycles. The maximum atomic E-state index is 7.64. The first-order chi connectivity index (χ1) is 8.00. The minimum Gasteiger partial charge on any atom is -0.384 e. The molecule has 0 bridgehead atoms. The molecular weight excluding hydrogens is 210 g/mol. The number of pyridine rings is 1. The lowest BCUT2D eigenvalue weighted by Gasteiger charge is -2.12. The molecule has 0 aliphatic heterocycles. The van der Waals surface area contributed by atoms with Gasteiger partial charge < -0.3 is 5.73 Å². The van der Waals surface area contributed by atoms with Crippen LogP contribution in [0.2, 0.25) is 0 Å². The number of aryl methyl sites for hydroxylation is 1. The minimum absolute atomic E-state index is 0.0985. The summed E-state index contributed by atoms with van der Waals surface area (Å²) in [6, 6.07) is 7.93. The molecule has 0 atom stereocenters. The third-order valence-corrected chi connectivity index (χ3v) is 2.91. The molecule has 1 aromatic carbocycles. The van der Waals surface area contributed by atoms with Crippen LogP contribution >= 0.6 is 0 Å². The minimum atomic E-state index is 0.0985. The highest BCUT2D eigenvalue weighted by Gasteiger charge is 2.11. The smallest absolute Gasteiger partial charge is 0.123 e. The first kappa shape index (κ1) is 11.6. The maximum Gasteiger partial charge on any atom is 0.123 e. The molecule has 17 heavy (non-hydrogen) atoms. The third kappa shape index (κ3) is 2.00. The predicted octanol–water partition coefficient (Wildman–Crippen LogP) is 2.95. The highest BCUT2D eigenvalue weighted by atomic mass is 14.7. The zero-order chi connectivity index (χ0) is 12.6. The molecule has 0 aliphatic rings. The number of para-hydroxylation sites is 1. The monoisotopic (exact) mass is 227 g/mol. The van der Waals surface area contributed by atoms with E-state index < -0.39 is 0 Å². The number of hydrogen-bond donors (Lipinski definition) is 2. The van der Waals surface area contributed by atoms with Crippen LogP contribution in [-0.4, -0.2) is 10.8 Å². The zero-order valence-electron chi connectivity index (χ0n) is 10.4. The van der Waals surface area contributed by atoms with Gasteiger partial charge in [-0.3, -0.25) is 10.4 Å². The third-order valence-electron chi connectivity index (χ3n) is 2.91. The number of fused-ring (bicyclic) bond motifs is 1. The lowest BCUT2D eigenvalue weighted by Crippen LogP contribution is -2.12. The zero-order valence-corrected chi connectivity index (χ0v) is 10.4. The average Bonchev–Trinajstić information content (AvgIpc) is 2.26. The van der Waals surface area contributed by atoms with E-state index >= 15 is 0 Å². The molecule has 1 heterocycles. The summed E-state index contributed by atoms with van der Waals surface area (Å²) in [5.74, 6) is 0.509. The Morgan fingerprint density at radius 1 is 1.35 bits per heavy atom. The first-order valence-electron chi connectivity index (χ1n) is 5.75. The van der Waals surface area contributed by atoms with Crippen LogP contribution in [0, 0.1) is 12.3 Å². The van der Waals surface area contributed by atoms with Crippen molar-refractivity contribution >= 4 is 16.7 Å². The Morgan fingerprint density at radius 2 is 2.06 bits per heavy atom. The quantitative estimate of drug-likeness (QED) is 0.612. The summed E-state index contributed by atoms with van der Waals surface area (Å²) < 4.78 is 0. The fraction of sp³-hybridized carbons (Fsp3) is 0.286. The molecule has 0 saturated heterocycles. The number of benzene rings is 1. The molecule has 2 aromatic rings. The predicted molar refractivity (Wildman–Crippen MR) is 71.6 cm³/mol. The van der Waals surface area contributed by atoms with Gasteiger partial charge in [0, 0.05) is 16.6 Å². The van der Waals surface area contributed by atoms with Gasteiger partial charge in [0.25, 0.3) is 0 Å². The molecule has 2 rings (SSSR count). The molecule has 0 unspecified atom stereocenters. The fourth-order valence-electron chi connectivity index (χ4n) is 2.09. The van der Waals surface area contributed by atoms with Crippen LogP contribution in [0.25, 0.3) is 10.9 Å². The van der Waals surface area contributed by atoms with Gasteiger partial charge in [-0.15, -0.1) is 0 Å².